The van der Waals surface area contributed by atoms with Gasteiger partial charge in [-0.1, -0.05) is 0 Å². The monoisotopic (exact) mass is 453 g/mol. The molecule has 2 N–H and O–H groups in total. The number of rotatable bonds is 6. The molecule has 32 heavy (non-hydrogen) atoms. The van der Waals surface area contributed by atoms with Gasteiger partial charge in [-0.3, -0.25) is 4.98 Å². The first-order valence-corrected chi connectivity index (χ1v) is 10.2. The second-order valence-corrected chi connectivity index (χ2v) is 7.89. The number of carboxylic acid groups (broad SMARTS) is 1. The summed E-state index contributed by atoms with van der Waals surface area (Å²) in [5.74, 6) is 0.292. The number of aliphatic carboxylic acids is 1. The largest absolute Gasteiger partial charge is 0.479 e. The van der Waals surface area contributed by atoms with Crippen molar-refractivity contribution in [2.45, 2.75) is 43.9 Å². The molecule has 2 aliphatic rings. The van der Waals surface area contributed by atoms with E-state index in [4.69, 9.17) is 9.47 Å². The second-order valence-electron chi connectivity index (χ2n) is 7.89. The maximum atomic E-state index is 12.5. The Kier molecular flexibility index (Phi) is 5.85. The molecule has 0 saturated carbocycles. The zero-order valence-electron chi connectivity index (χ0n) is 17.1. The normalized spacial score (nSPS) is 17.4. The second kappa shape index (κ2) is 8.45. The summed E-state index contributed by atoms with van der Waals surface area (Å²) < 4.78 is 48.3. The Morgan fingerprint density at radius 2 is 1.91 bits per heavy atom. The van der Waals surface area contributed by atoms with Gasteiger partial charge in [-0.05, 0) is 31.0 Å². The molecule has 1 fully saturated rings. The molecule has 3 heterocycles. The lowest BCUT2D eigenvalue weighted by atomic mass is 9.91. The predicted molar refractivity (Wildman–Crippen MR) is 107 cm³/mol. The van der Waals surface area contributed by atoms with E-state index in [2.05, 4.69) is 9.97 Å². The molecule has 1 aromatic heterocycles. The van der Waals surface area contributed by atoms with Crippen molar-refractivity contribution in [2.75, 3.05) is 24.8 Å². The van der Waals surface area contributed by atoms with E-state index in [1.807, 2.05) is 0 Å². The molecule has 0 aliphatic carbocycles. The standard InChI is InChI=1S/C21H22F3N3O5/c22-21(23,24)5-1-2-14-11-25-17(13-3-4-15-16(10-13)32-12-31-15)18(26-14)27-8-6-20(30,7-9-27)19(28)29/h3-4,10-11,30H,1-2,5-9,12H2,(H,28,29). The fourth-order valence-electron chi connectivity index (χ4n) is 3.78. The molecule has 172 valence electrons. The van der Waals surface area contributed by atoms with E-state index in [9.17, 15) is 28.2 Å². The van der Waals surface area contributed by atoms with E-state index in [0.29, 0.717) is 34.3 Å². The molecule has 0 unspecified atom stereocenters. The van der Waals surface area contributed by atoms with Gasteiger partial charge in [0.05, 0.1) is 5.69 Å². The Balaban J connectivity index is 1.63. The van der Waals surface area contributed by atoms with Gasteiger partial charge < -0.3 is 24.6 Å². The quantitative estimate of drug-likeness (QED) is 0.687. The summed E-state index contributed by atoms with van der Waals surface area (Å²) in [6.07, 6.45) is -3.73. The van der Waals surface area contributed by atoms with E-state index in [0.717, 1.165) is 0 Å². The van der Waals surface area contributed by atoms with Crippen molar-refractivity contribution in [1.29, 1.82) is 0 Å². The number of alkyl halides is 3. The summed E-state index contributed by atoms with van der Waals surface area (Å²) in [4.78, 5) is 22.2. The number of aromatic nitrogens is 2. The third-order valence-electron chi connectivity index (χ3n) is 5.63. The van der Waals surface area contributed by atoms with Crippen LogP contribution < -0.4 is 14.4 Å². The fourth-order valence-corrected chi connectivity index (χ4v) is 3.78. The van der Waals surface area contributed by atoms with Crippen molar-refractivity contribution >= 4 is 11.8 Å². The smallest absolute Gasteiger partial charge is 0.389 e. The van der Waals surface area contributed by atoms with Crippen LogP contribution in [0.25, 0.3) is 11.3 Å². The maximum absolute atomic E-state index is 12.5. The van der Waals surface area contributed by atoms with Crippen molar-refractivity contribution in [3.8, 4) is 22.8 Å². The van der Waals surface area contributed by atoms with Crippen LogP contribution in [0.5, 0.6) is 11.5 Å². The summed E-state index contributed by atoms with van der Waals surface area (Å²) >= 11 is 0. The highest BCUT2D eigenvalue weighted by atomic mass is 19.4. The minimum atomic E-state index is -4.24. The number of halogens is 3. The molecule has 11 heteroatoms. The van der Waals surface area contributed by atoms with Crippen molar-refractivity contribution in [2.24, 2.45) is 0 Å². The Morgan fingerprint density at radius 3 is 2.59 bits per heavy atom. The van der Waals surface area contributed by atoms with Crippen LogP contribution in [0.4, 0.5) is 19.0 Å². The number of fused-ring (bicyclic) bond motifs is 1. The van der Waals surface area contributed by atoms with Gasteiger partial charge >= 0.3 is 12.1 Å². The Labute approximate surface area is 181 Å². The molecule has 2 aromatic rings. The lowest BCUT2D eigenvalue weighted by Gasteiger charge is -2.36. The van der Waals surface area contributed by atoms with Gasteiger partial charge in [-0.2, -0.15) is 13.2 Å². The summed E-state index contributed by atoms with van der Waals surface area (Å²) in [6, 6.07) is 5.26. The molecule has 1 aromatic carbocycles. The Morgan fingerprint density at radius 1 is 1.19 bits per heavy atom. The van der Waals surface area contributed by atoms with E-state index in [1.165, 1.54) is 6.20 Å². The van der Waals surface area contributed by atoms with Crippen molar-refractivity contribution in [1.82, 2.24) is 9.97 Å². The van der Waals surface area contributed by atoms with Crippen LogP contribution in [-0.4, -0.2) is 57.8 Å². The number of aliphatic hydroxyl groups is 1. The van der Waals surface area contributed by atoms with Crippen LogP contribution in [0.2, 0.25) is 0 Å². The van der Waals surface area contributed by atoms with Crippen LogP contribution >= 0.6 is 0 Å². The number of piperidine rings is 1. The van der Waals surface area contributed by atoms with Crippen LogP contribution in [0.15, 0.2) is 24.4 Å². The highest BCUT2D eigenvalue weighted by Gasteiger charge is 2.40. The summed E-state index contributed by atoms with van der Waals surface area (Å²) in [7, 11) is 0. The number of anilines is 1. The number of carbonyl (C=O) groups is 1. The molecule has 0 radical (unpaired) electrons. The van der Waals surface area contributed by atoms with Crippen LogP contribution in [0.3, 0.4) is 0 Å². The van der Waals surface area contributed by atoms with E-state index in [-0.39, 0.29) is 45.6 Å². The molecule has 8 nitrogen and oxygen atoms in total. The minimum absolute atomic E-state index is 0.0110. The first-order chi connectivity index (χ1) is 15.1. The number of carboxylic acids is 1. The highest BCUT2D eigenvalue weighted by Crippen LogP contribution is 2.38. The number of hydrogen-bond donors (Lipinski definition) is 2. The molecule has 0 amide bonds. The van der Waals surface area contributed by atoms with Gasteiger partial charge in [0.1, 0.15) is 5.69 Å². The van der Waals surface area contributed by atoms with Gasteiger partial charge in [-0.25, -0.2) is 9.78 Å². The topological polar surface area (TPSA) is 105 Å². The molecule has 0 atom stereocenters. The first-order valence-electron chi connectivity index (χ1n) is 10.2. The number of hydrogen-bond acceptors (Lipinski definition) is 7. The molecule has 1 saturated heterocycles. The SMILES string of the molecule is O=C(O)C1(O)CCN(c2nc(CCCC(F)(F)F)cnc2-c2ccc3c(c2)OCO3)CC1. The zero-order valence-corrected chi connectivity index (χ0v) is 17.1. The lowest BCUT2D eigenvalue weighted by molar-refractivity contribution is -0.160. The molecule has 2 aliphatic heterocycles. The number of ether oxygens (including phenoxy) is 2. The van der Waals surface area contributed by atoms with Gasteiger partial charge in [-0.15, -0.1) is 0 Å². The number of aryl methyl sites for hydroxylation is 1. The van der Waals surface area contributed by atoms with Gasteiger partial charge in [0.25, 0.3) is 0 Å². The van der Waals surface area contributed by atoms with E-state index < -0.39 is 24.2 Å². The Bertz CT molecular complexity index is 1010. The molecule has 4 rings (SSSR count). The third-order valence-corrected chi connectivity index (χ3v) is 5.63. The van der Waals surface area contributed by atoms with Gasteiger partial charge in [0.2, 0.25) is 6.79 Å². The van der Waals surface area contributed by atoms with Gasteiger partial charge in [0.15, 0.2) is 22.9 Å². The van der Waals surface area contributed by atoms with E-state index in [1.54, 1.807) is 23.1 Å². The van der Waals surface area contributed by atoms with E-state index >= 15 is 0 Å². The molecule has 0 bridgehead atoms. The van der Waals surface area contributed by atoms with Crippen LogP contribution in [0.1, 0.15) is 31.4 Å². The number of benzene rings is 1. The molecular weight excluding hydrogens is 431 g/mol. The van der Waals surface area contributed by atoms with Crippen molar-refractivity contribution in [3.63, 3.8) is 0 Å². The van der Waals surface area contributed by atoms with Crippen molar-refractivity contribution < 1.29 is 37.7 Å². The lowest BCUT2D eigenvalue weighted by Crippen LogP contribution is -2.49. The minimum Gasteiger partial charge on any atom is -0.479 e. The first kappa shape index (κ1) is 22.1. The van der Waals surface area contributed by atoms with Crippen molar-refractivity contribution in [3.05, 3.63) is 30.1 Å². The summed E-state index contributed by atoms with van der Waals surface area (Å²) in [6.45, 7) is 0.525. The van der Waals surface area contributed by atoms with Gasteiger partial charge in [0, 0.05) is 44.1 Å². The van der Waals surface area contributed by atoms with Crippen LogP contribution in [-0.2, 0) is 11.2 Å². The highest BCUT2D eigenvalue weighted by molar-refractivity contribution is 5.78. The summed E-state index contributed by atoms with van der Waals surface area (Å²) in [5, 5.41) is 19.5. The average Bonchev–Trinajstić information content (AvgIpc) is 3.21. The third kappa shape index (κ3) is 4.72. The summed E-state index contributed by atoms with van der Waals surface area (Å²) in [5.41, 5.74) is -0.234. The molecular formula is C21H22F3N3O5. The zero-order chi connectivity index (χ0) is 22.9. The van der Waals surface area contributed by atoms with Crippen LogP contribution in [0, 0.1) is 0 Å². The predicted octanol–water partition coefficient (Wildman–Crippen LogP) is 3.17. The average molecular weight is 453 g/mol. The maximum Gasteiger partial charge on any atom is 0.389 e. The molecule has 0 spiro atoms. The Hall–Kier alpha value is -3.08. The fraction of sp³-hybridized carbons (Fsp3) is 0.476. The number of nitrogens with zero attached hydrogens (tertiary/aromatic N) is 3.